The van der Waals surface area contributed by atoms with E-state index < -0.39 is 0 Å². The maximum Gasteiger partial charge on any atom is 0.191 e. The Labute approximate surface area is 186 Å². The average Bonchev–Trinajstić information content (AvgIpc) is 3.37. The SMILES string of the molecule is CCOc1cc(CNC(=NC)NC2CCN(C3CCCC3)C2)ccc1OC.I. The van der Waals surface area contributed by atoms with Crippen LogP contribution in [0, 0.1) is 0 Å². The third-order valence-corrected chi connectivity index (χ3v) is 5.61. The number of guanidine groups is 1. The molecule has 1 aliphatic carbocycles. The lowest BCUT2D eigenvalue weighted by Crippen LogP contribution is -2.45. The van der Waals surface area contributed by atoms with E-state index in [4.69, 9.17) is 9.47 Å². The highest BCUT2D eigenvalue weighted by Gasteiger charge is 2.30. The van der Waals surface area contributed by atoms with E-state index in [2.05, 4.69) is 26.6 Å². The normalized spacial score (nSPS) is 20.7. The van der Waals surface area contributed by atoms with E-state index in [1.807, 2.05) is 26.1 Å². The van der Waals surface area contributed by atoms with E-state index in [1.165, 1.54) is 38.6 Å². The van der Waals surface area contributed by atoms with Crippen LogP contribution in [-0.4, -0.2) is 56.8 Å². The standard InChI is InChI=1S/C21H34N4O2.HI/c1-4-27-20-13-16(9-10-19(20)26-3)14-23-21(22-2)24-17-11-12-25(15-17)18-7-5-6-8-18;/h9-10,13,17-18H,4-8,11-12,14-15H2,1-3H3,(H2,22,23,24);1H. The molecule has 1 saturated heterocycles. The Balaban J connectivity index is 0.00000280. The van der Waals surface area contributed by atoms with Gasteiger partial charge in [-0.25, -0.2) is 0 Å². The summed E-state index contributed by atoms with van der Waals surface area (Å²) in [6.07, 6.45) is 6.73. The Morgan fingerprint density at radius 1 is 1.21 bits per heavy atom. The van der Waals surface area contributed by atoms with Crippen molar-refractivity contribution in [3.8, 4) is 11.5 Å². The highest BCUT2D eigenvalue weighted by Crippen LogP contribution is 2.28. The van der Waals surface area contributed by atoms with Crippen LogP contribution in [0.2, 0.25) is 0 Å². The van der Waals surface area contributed by atoms with E-state index in [0.29, 0.717) is 19.2 Å². The largest absolute Gasteiger partial charge is 0.493 e. The molecule has 1 aromatic rings. The van der Waals surface area contributed by atoms with Crippen LogP contribution in [0.4, 0.5) is 0 Å². The number of hydrogen-bond acceptors (Lipinski definition) is 4. The summed E-state index contributed by atoms with van der Waals surface area (Å²) in [5.74, 6) is 2.41. The predicted molar refractivity (Wildman–Crippen MR) is 125 cm³/mol. The van der Waals surface area contributed by atoms with Crippen LogP contribution >= 0.6 is 24.0 Å². The molecule has 6 nitrogen and oxygen atoms in total. The van der Waals surface area contributed by atoms with E-state index in [0.717, 1.165) is 35.6 Å². The lowest BCUT2D eigenvalue weighted by Gasteiger charge is -2.24. The van der Waals surface area contributed by atoms with Gasteiger partial charge >= 0.3 is 0 Å². The van der Waals surface area contributed by atoms with Crippen molar-refractivity contribution >= 4 is 29.9 Å². The molecule has 1 heterocycles. The molecule has 1 aromatic carbocycles. The maximum absolute atomic E-state index is 5.67. The summed E-state index contributed by atoms with van der Waals surface area (Å²) >= 11 is 0. The van der Waals surface area contributed by atoms with Gasteiger partial charge in [-0.2, -0.15) is 0 Å². The lowest BCUT2D eigenvalue weighted by molar-refractivity contribution is 0.242. The van der Waals surface area contributed by atoms with Gasteiger partial charge in [-0.3, -0.25) is 9.89 Å². The van der Waals surface area contributed by atoms with Gasteiger partial charge in [-0.05, 0) is 43.9 Å². The van der Waals surface area contributed by atoms with Crippen LogP contribution in [0.3, 0.4) is 0 Å². The first kappa shape index (κ1) is 23.1. The fourth-order valence-corrected chi connectivity index (χ4v) is 4.18. The number of halogens is 1. The van der Waals surface area contributed by atoms with Crippen LogP contribution in [0.15, 0.2) is 23.2 Å². The molecule has 0 spiro atoms. The molecule has 2 fully saturated rings. The number of rotatable bonds is 7. The fourth-order valence-electron chi connectivity index (χ4n) is 4.18. The van der Waals surface area contributed by atoms with Crippen molar-refractivity contribution in [2.75, 3.05) is 33.9 Å². The molecule has 0 aromatic heterocycles. The second-order valence-corrected chi connectivity index (χ2v) is 7.41. The molecule has 0 radical (unpaired) electrons. The third-order valence-electron chi connectivity index (χ3n) is 5.61. The number of nitrogens with one attached hydrogen (secondary N) is 2. The van der Waals surface area contributed by atoms with Gasteiger partial charge in [0.1, 0.15) is 0 Å². The smallest absolute Gasteiger partial charge is 0.191 e. The van der Waals surface area contributed by atoms with Crippen molar-refractivity contribution in [2.24, 2.45) is 4.99 Å². The lowest BCUT2D eigenvalue weighted by atomic mass is 10.2. The molecule has 2 aliphatic rings. The first-order valence-corrected chi connectivity index (χ1v) is 10.2. The van der Waals surface area contributed by atoms with Gasteiger partial charge < -0.3 is 20.1 Å². The second kappa shape index (κ2) is 11.7. The Morgan fingerprint density at radius 3 is 2.68 bits per heavy atom. The summed E-state index contributed by atoms with van der Waals surface area (Å²) in [5, 5.41) is 7.02. The van der Waals surface area contributed by atoms with Crippen LogP contribution in [0.5, 0.6) is 11.5 Å². The van der Waals surface area contributed by atoms with E-state index in [-0.39, 0.29) is 24.0 Å². The van der Waals surface area contributed by atoms with Crippen LogP contribution in [0.1, 0.15) is 44.6 Å². The molecule has 28 heavy (non-hydrogen) atoms. The number of benzene rings is 1. The molecule has 3 rings (SSSR count). The molecule has 158 valence electrons. The topological polar surface area (TPSA) is 58.1 Å². The van der Waals surface area contributed by atoms with Gasteiger partial charge in [-0.15, -0.1) is 24.0 Å². The average molecular weight is 502 g/mol. The summed E-state index contributed by atoms with van der Waals surface area (Å²) in [5.41, 5.74) is 1.14. The second-order valence-electron chi connectivity index (χ2n) is 7.41. The van der Waals surface area contributed by atoms with E-state index >= 15 is 0 Å². The van der Waals surface area contributed by atoms with Crippen molar-refractivity contribution in [2.45, 2.75) is 57.7 Å². The quantitative estimate of drug-likeness (QED) is 0.340. The molecule has 1 atom stereocenters. The van der Waals surface area contributed by atoms with E-state index in [9.17, 15) is 0 Å². The number of hydrogen-bond donors (Lipinski definition) is 2. The third kappa shape index (κ3) is 6.14. The predicted octanol–water partition coefficient (Wildman–Crippen LogP) is 3.39. The van der Waals surface area contributed by atoms with Gasteiger partial charge in [0.05, 0.1) is 13.7 Å². The Morgan fingerprint density at radius 2 is 2.00 bits per heavy atom. The number of aliphatic imine (C=N–C) groups is 1. The molecular formula is C21H35IN4O2. The van der Waals surface area contributed by atoms with E-state index in [1.54, 1.807) is 7.11 Å². The monoisotopic (exact) mass is 502 g/mol. The van der Waals surface area contributed by atoms with Crippen molar-refractivity contribution in [1.82, 2.24) is 15.5 Å². The summed E-state index contributed by atoms with van der Waals surface area (Å²) in [6, 6.07) is 7.32. The summed E-state index contributed by atoms with van der Waals surface area (Å²) in [6.45, 7) is 5.63. The molecule has 0 bridgehead atoms. The molecule has 1 aliphatic heterocycles. The number of likely N-dealkylation sites (tertiary alicyclic amines) is 1. The summed E-state index contributed by atoms with van der Waals surface area (Å²) in [7, 11) is 3.50. The zero-order valence-corrected chi connectivity index (χ0v) is 19.7. The van der Waals surface area contributed by atoms with Crippen molar-refractivity contribution < 1.29 is 9.47 Å². The zero-order valence-electron chi connectivity index (χ0n) is 17.4. The summed E-state index contributed by atoms with van der Waals surface area (Å²) in [4.78, 5) is 7.06. The Bertz CT molecular complexity index is 635. The highest BCUT2D eigenvalue weighted by atomic mass is 127. The minimum atomic E-state index is 0. The van der Waals surface area contributed by atoms with Gasteiger partial charge in [0.15, 0.2) is 17.5 Å². The highest BCUT2D eigenvalue weighted by molar-refractivity contribution is 14.0. The van der Waals surface area contributed by atoms with Crippen LogP contribution < -0.4 is 20.1 Å². The molecule has 7 heteroatoms. The van der Waals surface area contributed by atoms with Crippen LogP contribution in [-0.2, 0) is 6.54 Å². The number of nitrogens with zero attached hydrogens (tertiary/aromatic N) is 2. The Kier molecular flexibility index (Phi) is 9.64. The van der Waals surface area contributed by atoms with Gasteiger partial charge in [0, 0.05) is 38.8 Å². The first-order chi connectivity index (χ1) is 13.2. The van der Waals surface area contributed by atoms with Gasteiger partial charge in [0.25, 0.3) is 0 Å². The molecule has 2 N–H and O–H groups in total. The molecule has 0 amide bonds. The van der Waals surface area contributed by atoms with Crippen molar-refractivity contribution in [3.63, 3.8) is 0 Å². The zero-order chi connectivity index (χ0) is 19.1. The first-order valence-electron chi connectivity index (χ1n) is 10.2. The summed E-state index contributed by atoms with van der Waals surface area (Å²) < 4.78 is 11.0. The van der Waals surface area contributed by atoms with Gasteiger partial charge in [-0.1, -0.05) is 18.9 Å². The number of methoxy groups -OCH3 is 1. The fraction of sp³-hybridized carbons (Fsp3) is 0.667. The van der Waals surface area contributed by atoms with Gasteiger partial charge in [0.2, 0.25) is 0 Å². The molecule has 1 saturated carbocycles. The maximum atomic E-state index is 5.67. The number of ether oxygens (including phenoxy) is 2. The molecular weight excluding hydrogens is 467 g/mol. The van der Waals surface area contributed by atoms with Crippen molar-refractivity contribution in [1.29, 1.82) is 0 Å². The van der Waals surface area contributed by atoms with Crippen LogP contribution in [0.25, 0.3) is 0 Å². The van der Waals surface area contributed by atoms with Crippen molar-refractivity contribution in [3.05, 3.63) is 23.8 Å². The minimum Gasteiger partial charge on any atom is -0.493 e. The molecule has 1 unspecified atom stereocenters. The minimum absolute atomic E-state index is 0. The Hall–Kier alpha value is -1.22.